The summed E-state index contributed by atoms with van der Waals surface area (Å²) in [6.45, 7) is 4.67. The van der Waals surface area contributed by atoms with Gasteiger partial charge in [-0.15, -0.1) is 0 Å². The predicted molar refractivity (Wildman–Crippen MR) is 87.6 cm³/mol. The van der Waals surface area contributed by atoms with Crippen molar-refractivity contribution < 1.29 is 19.4 Å². The van der Waals surface area contributed by atoms with E-state index >= 15 is 0 Å². The first kappa shape index (κ1) is 18.9. The highest BCUT2D eigenvalue weighted by Gasteiger charge is 2.11. The predicted octanol–water partition coefficient (Wildman–Crippen LogP) is 1.43. The van der Waals surface area contributed by atoms with Gasteiger partial charge in [-0.05, 0) is 38.5 Å². The van der Waals surface area contributed by atoms with Crippen LogP contribution in [0.15, 0.2) is 23.3 Å². The number of halogens is 1. The van der Waals surface area contributed by atoms with Crippen molar-refractivity contribution in [3.8, 4) is 5.75 Å². The molecular formula is C15H20ClN3O4. The molecule has 0 spiro atoms. The van der Waals surface area contributed by atoms with Gasteiger partial charge in [0.15, 0.2) is 0 Å². The lowest BCUT2D eigenvalue weighted by atomic mass is 10.2. The zero-order valence-electron chi connectivity index (χ0n) is 13.0. The molecular weight excluding hydrogens is 322 g/mol. The number of nitrogens with zero attached hydrogens (tertiary/aromatic N) is 1. The van der Waals surface area contributed by atoms with Crippen LogP contribution in [0.4, 0.5) is 0 Å². The molecule has 1 aromatic carbocycles. The fourth-order valence-electron chi connectivity index (χ4n) is 1.51. The zero-order chi connectivity index (χ0) is 17.2. The first-order valence-electron chi connectivity index (χ1n) is 7.11. The van der Waals surface area contributed by atoms with Gasteiger partial charge in [0.1, 0.15) is 5.75 Å². The third kappa shape index (κ3) is 7.62. The van der Waals surface area contributed by atoms with Crippen molar-refractivity contribution >= 4 is 29.6 Å². The first-order valence-corrected chi connectivity index (χ1v) is 7.49. The molecule has 0 atom stereocenters. The van der Waals surface area contributed by atoms with Gasteiger partial charge in [-0.2, -0.15) is 5.10 Å². The minimum absolute atomic E-state index is 0.0398. The van der Waals surface area contributed by atoms with Crippen LogP contribution in [0.3, 0.4) is 0 Å². The fourth-order valence-corrected chi connectivity index (χ4v) is 1.69. The van der Waals surface area contributed by atoms with Crippen LogP contribution in [0.25, 0.3) is 0 Å². The van der Waals surface area contributed by atoms with Crippen LogP contribution in [0, 0.1) is 0 Å². The maximum atomic E-state index is 11.5. The molecule has 0 aliphatic carbocycles. The Balaban J connectivity index is 2.33. The highest BCUT2D eigenvalue weighted by Crippen LogP contribution is 2.19. The van der Waals surface area contributed by atoms with E-state index in [1.54, 1.807) is 0 Å². The quantitative estimate of drug-likeness (QED) is 0.302. The lowest BCUT2D eigenvalue weighted by Crippen LogP contribution is -2.38. The van der Waals surface area contributed by atoms with Gasteiger partial charge in [0.05, 0.1) is 12.3 Å². The Labute approximate surface area is 139 Å². The average molecular weight is 342 g/mol. The molecule has 1 rings (SSSR count). The standard InChI is InChI=1S/C15H20ClN3O4/c1-10(2)23-7-3-6-17-14(21)15(22)19-18-9-11-8-12(16)4-5-13(11)20/h4-5,8-10,20H,3,6-7H2,1-2H3,(H,17,21)(H,19,22)/b18-9-. The van der Waals surface area contributed by atoms with Crippen LogP contribution >= 0.6 is 11.6 Å². The van der Waals surface area contributed by atoms with E-state index in [0.29, 0.717) is 30.2 Å². The molecule has 23 heavy (non-hydrogen) atoms. The van der Waals surface area contributed by atoms with Crippen molar-refractivity contribution in [2.45, 2.75) is 26.4 Å². The first-order chi connectivity index (χ1) is 10.9. The van der Waals surface area contributed by atoms with E-state index in [0.717, 1.165) is 0 Å². The van der Waals surface area contributed by atoms with E-state index in [1.165, 1.54) is 24.4 Å². The summed E-state index contributed by atoms with van der Waals surface area (Å²) in [4.78, 5) is 23.0. The van der Waals surface area contributed by atoms with E-state index in [-0.39, 0.29) is 11.9 Å². The minimum atomic E-state index is -0.896. The lowest BCUT2D eigenvalue weighted by molar-refractivity contribution is -0.139. The average Bonchev–Trinajstić information content (AvgIpc) is 2.49. The summed E-state index contributed by atoms with van der Waals surface area (Å²) in [7, 11) is 0. The van der Waals surface area contributed by atoms with E-state index in [1.807, 2.05) is 13.8 Å². The third-order valence-corrected chi connectivity index (χ3v) is 2.86. The van der Waals surface area contributed by atoms with Crippen LogP contribution in [-0.2, 0) is 14.3 Å². The molecule has 0 bridgehead atoms. The number of aromatic hydroxyl groups is 1. The number of benzene rings is 1. The summed E-state index contributed by atoms with van der Waals surface area (Å²) in [5.74, 6) is -1.73. The van der Waals surface area contributed by atoms with Gasteiger partial charge in [-0.1, -0.05) is 11.6 Å². The molecule has 3 N–H and O–H groups in total. The topological polar surface area (TPSA) is 100 Å². The molecule has 0 fully saturated rings. The van der Waals surface area contributed by atoms with E-state index < -0.39 is 11.8 Å². The molecule has 0 heterocycles. The van der Waals surface area contributed by atoms with Gasteiger partial charge in [-0.3, -0.25) is 9.59 Å². The highest BCUT2D eigenvalue weighted by molar-refractivity contribution is 6.35. The maximum Gasteiger partial charge on any atom is 0.329 e. The minimum Gasteiger partial charge on any atom is -0.507 e. The Morgan fingerprint density at radius 3 is 2.83 bits per heavy atom. The molecule has 0 saturated heterocycles. The Bertz CT molecular complexity index is 576. The fraction of sp³-hybridized carbons (Fsp3) is 0.400. The Kier molecular flexibility index (Phi) is 8.07. The molecule has 7 nitrogen and oxygen atoms in total. The van der Waals surface area contributed by atoms with Crippen molar-refractivity contribution in [1.82, 2.24) is 10.7 Å². The van der Waals surface area contributed by atoms with E-state index in [2.05, 4.69) is 15.8 Å². The number of nitrogens with one attached hydrogen (secondary N) is 2. The van der Waals surface area contributed by atoms with Crippen LogP contribution < -0.4 is 10.7 Å². The maximum absolute atomic E-state index is 11.5. The van der Waals surface area contributed by atoms with Crippen molar-refractivity contribution in [1.29, 1.82) is 0 Å². The van der Waals surface area contributed by atoms with Gasteiger partial charge in [-0.25, -0.2) is 5.43 Å². The molecule has 0 aromatic heterocycles. The number of rotatable bonds is 7. The second kappa shape index (κ2) is 9.81. The third-order valence-electron chi connectivity index (χ3n) is 2.62. The second-order valence-corrected chi connectivity index (χ2v) is 5.37. The number of carbonyl (C=O) groups is 2. The summed E-state index contributed by atoms with van der Waals surface area (Å²) >= 11 is 5.78. The number of hydrazone groups is 1. The molecule has 8 heteroatoms. The molecule has 1 aromatic rings. The largest absolute Gasteiger partial charge is 0.507 e. The molecule has 0 saturated carbocycles. The van der Waals surface area contributed by atoms with Crippen molar-refractivity contribution in [2.24, 2.45) is 5.10 Å². The summed E-state index contributed by atoms with van der Waals surface area (Å²) in [6.07, 6.45) is 1.94. The lowest BCUT2D eigenvalue weighted by Gasteiger charge is -2.07. The van der Waals surface area contributed by atoms with Crippen LogP contribution in [0.5, 0.6) is 5.75 Å². The number of hydrogen-bond acceptors (Lipinski definition) is 5. The van der Waals surface area contributed by atoms with Gasteiger partial charge in [0.2, 0.25) is 0 Å². The van der Waals surface area contributed by atoms with Crippen molar-refractivity contribution in [3.63, 3.8) is 0 Å². The smallest absolute Gasteiger partial charge is 0.329 e. The van der Waals surface area contributed by atoms with Gasteiger partial charge < -0.3 is 15.2 Å². The Morgan fingerprint density at radius 1 is 1.39 bits per heavy atom. The molecule has 126 valence electrons. The summed E-state index contributed by atoms with van der Waals surface area (Å²) in [6, 6.07) is 4.39. The number of carbonyl (C=O) groups excluding carboxylic acids is 2. The Morgan fingerprint density at radius 2 is 2.13 bits per heavy atom. The van der Waals surface area contributed by atoms with Gasteiger partial charge >= 0.3 is 11.8 Å². The van der Waals surface area contributed by atoms with Crippen LogP contribution in [-0.4, -0.2) is 42.4 Å². The van der Waals surface area contributed by atoms with Crippen molar-refractivity contribution in [2.75, 3.05) is 13.2 Å². The number of amides is 2. The summed E-state index contributed by atoms with van der Waals surface area (Å²) in [5, 5.41) is 16.0. The second-order valence-electron chi connectivity index (χ2n) is 4.93. The van der Waals surface area contributed by atoms with E-state index in [9.17, 15) is 14.7 Å². The van der Waals surface area contributed by atoms with Crippen LogP contribution in [0.2, 0.25) is 5.02 Å². The van der Waals surface area contributed by atoms with Crippen LogP contribution in [0.1, 0.15) is 25.8 Å². The van der Waals surface area contributed by atoms with E-state index in [4.69, 9.17) is 16.3 Å². The molecule has 0 aliphatic rings. The SMILES string of the molecule is CC(C)OCCCNC(=O)C(=O)N/N=C\c1cc(Cl)ccc1O. The molecule has 2 amide bonds. The summed E-state index contributed by atoms with van der Waals surface area (Å²) < 4.78 is 5.31. The monoisotopic (exact) mass is 341 g/mol. The normalized spacial score (nSPS) is 11.0. The van der Waals surface area contributed by atoms with Gasteiger partial charge in [0.25, 0.3) is 0 Å². The molecule has 0 radical (unpaired) electrons. The Hall–Kier alpha value is -2.12. The number of ether oxygens (including phenoxy) is 1. The molecule has 0 aliphatic heterocycles. The highest BCUT2D eigenvalue weighted by atomic mass is 35.5. The number of phenolic OH excluding ortho intramolecular Hbond substituents is 1. The zero-order valence-corrected chi connectivity index (χ0v) is 13.8. The van der Waals surface area contributed by atoms with Gasteiger partial charge in [0, 0.05) is 23.7 Å². The number of phenols is 1. The van der Waals surface area contributed by atoms with Crippen molar-refractivity contribution in [3.05, 3.63) is 28.8 Å². The summed E-state index contributed by atoms with van der Waals surface area (Å²) in [5.41, 5.74) is 2.39. The number of hydrogen-bond donors (Lipinski definition) is 3. The molecule has 0 unspecified atom stereocenters.